The fraction of sp³-hybridized carbons (Fsp3) is 0.0526. The van der Waals surface area contributed by atoms with Gasteiger partial charge in [-0.2, -0.15) is 5.10 Å². The van der Waals surface area contributed by atoms with Gasteiger partial charge in [0.15, 0.2) is 0 Å². The van der Waals surface area contributed by atoms with Crippen molar-refractivity contribution in [2.45, 2.75) is 11.1 Å². The molecule has 0 saturated carbocycles. The molecule has 150 valence electrons. The molecule has 1 aromatic heterocycles. The first kappa shape index (κ1) is 20.5. The second kappa shape index (κ2) is 8.41. The Kier molecular flexibility index (Phi) is 5.95. The Morgan fingerprint density at radius 2 is 1.86 bits per heavy atom. The molecular formula is C19H16FN3O4S2. The topological polar surface area (TPSA) is 108 Å². The average Bonchev–Trinajstić information content (AvgIpc) is 3.24. The highest BCUT2D eigenvalue weighted by Gasteiger charge is 2.19. The number of hydrogen-bond acceptors (Lipinski definition) is 6. The van der Waals surface area contributed by atoms with Crippen LogP contribution in [0.3, 0.4) is 0 Å². The van der Waals surface area contributed by atoms with E-state index >= 15 is 0 Å². The molecule has 10 heteroatoms. The van der Waals surface area contributed by atoms with E-state index in [9.17, 15) is 22.7 Å². The van der Waals surface area contributed by atoms with Gasteiger partial charge in [0.2, 0.25) is 0 Å². The van der Waals surface area contributed by atoms with Crippen LogP contribution in [0, 0.1) is 5.82 Å². The van der Waals surface area contributed by atoms with E-state index in [0.29, 0.717) is 0 Å². The smallest absolute Gasteiger partial charge is 0.273 e. The number of carbonyl (C=O) groups excluding carboxylic acids is 1. The highest BCUT2D eigenvalue weighted by molar-refractivity contribution is 7.94. The number of phenols is 1. The van der Waals surface area contributed by atoms with Gasteiger partial charge in [-0.1, -0.05) is 18.2 Å². The number of anilines is 1. The van der Waals surface area contributed by atoms with Crippen LogP contribution in [0.4, 0.5) is 10.1 Å². The van der Waals surface area contributed by atoms with Crippen LogP contribution in [-0.4, -0.2) is 25.1 Å². The van der Waals surface area contributed by atoms with E-state index in [0.717, 1.165) is 23.5 Å². The predicted molar refractivity (Wildman–Crippen MR) is 109 cm³/mol. The van der Waals surface area contributed by atoms with Gasteiger partial charge >= 0.3 is 0 Å². The highest BCUT2D eigenvalue weighted by Crippen LogP contribution is 2.23. The molecule has 0 atom stereocenters. The van der Waals surface area contributed by atoms with Gasteiger partial charge in [0.1, 0.15) is 15.8 Å². The molecule has 0 fully saturated rings. The Morgan fingerprint density at radius 3 is 2.59 bits per heavy atom. The summed E-state index contributed by atoms with van der Waals surface area (Å²) in [7, 11) is -3.83. The van der Waals surface area contributed by atoms with Crippen molar-refractivity contribution in [3.63, 3.8) is 0 Å². The van der Waals surface area contributed by atoms with Crippen molar-refractivity contribution >= 4 is 38.7 Å². The molecule has 0 aliphatic heterocycles. The van der Waals surface area contributed by atoms with Gasteiger partial charge in [-0.15, -0.1) is 11.3 Å². The summed E-state index contributed by atoms with van der Waals surface area (Å²) in [5, 5.41) is 15.3. The molecule has 0 unspecified atom stereocenters. The highest BCUT2D eigenvalue weighted by atomic mass is 32.2. The third-order valence-corrected chi connectivity index (χ3v) is 6.61. The molecule has 29 heavy (non-hydrogen) atoms. The Balaban J connectivity index is 1.83. The number of thiophene rings is 1. The minimum atomic E-state index is -3.83. The molecule has 3 rings (SSSR count). The Labute approximate surface area is 170 Å². The SMILES string of the molecule is C/C(=N\NC(=O)c1ccccc1NS(=O)(=O)c1cccs1)c1cc(F)ccc1O. The fourth-order valence-electron chi connectivity index (χ4n) is 2.43. The Morgan fingerprint density at radius 1 is 1.10 bits per heavy atom. The normalized spacial score (nSPS) is 11.9. The Hall–Kier alpha value is -3.24. The number of para-hydroxylation sites is 1. The molecule has 1 heterocycles. The number of benzene rings is 2. The lowest BCUT2D eigenvalue weighted by atomic mass is 10.1. The first-order valence-electron chi connectivity index (χ1n) is 8.27. The number of aromatic hydroxyl groups is 1. The summed E-state index contributed by atoms with van der Waals surface area (Å²) in [4.78, 5) is 12.5. The zero-order chi connectivity index (χ0) is 21.0. The summed E-state index contributed by atoms with van der Waals surface area (Å²) in [6, 6.07) is 12.5. The molecule has 0 saturated heterocycles. The molecule has 3 aromatic rings. The number of hydrogen-bond donors (Lipinski definition) is 3. The predicted octanol–water partition coefficient (Wildman–Crippen LogP) is 3.55. The van der Waals surface area contributed by atoms with E-state index in [1.807, 2.05) is 0 Å². The number of amides is 1. The lowest BCUT2D eigenvalue weighted by Crippen LogP contribution is -2.22. The lowest BCUT2D eigenvalue weighted by Gasteiger charge is -2.11. The van der Waals surface area contributed by atoms with Crippen molar-refractivity contribution in [1.29, 1.82) is 0 Å². The maximum Gasteiger partial charge on any atom is 0.273 e. The minimum absolute atomic E-state index is 0.0487. The third-order valence-electron chi connectivity index (χ3n) is 3.85. The van der Waals surface area contributed by atoms with E-state index in [1.165, 1.54) is 31.2 Å². The van der Waals surface area contributed by atoms with Gasteiger partial charge in [0.25, 0.3) is 15.9 Å². The first-order valence-corrected chi connectivity index (χ1v) is 10.6. The molecule has 0 radical (unpaired) electrons. The second-order valence-corrected chi connectivity index (χ2v) is 8.74. The van der Waals surface area contributed by atoms with Gasteiger partial charge in [-0.05, 0) is 48.7 Å². The van der Waals surface area contributed by atoms with Crippen LogP contribution in [0.25, 0.3) is 0 Å². The summed E-state index contributed by atoms with van der Waals surface area (Å²) in [5.74, 6) is -1.43. The molecule has 7 nitrogen and oxygen atoms in total. The summed E-state index contributed by atoms with van der Waals surface area (Å²) < 4.78 is 40.8. The van der Waals surface area contributed by atoms with Crippen molar-refractivity contribution in [3.05, 3.63) is 76.9 Å². The largest absolute Gasteiger partial charge is 0.507 e. The lowest BCUT2D eigenvalue weighted by molar-refractivity contribution is 0.0955. The zero-order valence-electron chi connectivity index (χ0n) is 15.1. The number of phenolic OH excluding ortho intramolecular Hbond substituents is 1. The number of hydrazone groups is 1. The molecule has 0 aliphatic carbocycles. The van der Waals surface area contributed by atoms with Crippen LogP contribution in [-0.2, 0) is 10.0 Å². The van der Waals surface area contributed by atoms with Crippen molar-refractivity contribution < 1.29 is 22.7 Å². The summed E-state index contributed by atoms with van der Waals surface area (Å²) in [6.45, 7) is 1.49. The second-order valence-electron chi connectivity index (χ2n) is 5.88. The van der Waals surface area contributed by atoms with Crippen LogP contribution < -0.4 is 10.1 Å². The molecule has 0 aliphatic rings. The number of nitrogens with zero attached hydrogens (tertiary/aromatic N) is 1. The number of nitrogens with one attached hydrogen (secondary N) is 2. The number of sulfonamides is 1. The van der Waals surface area contributed by atoms with Crippen molar-refractivity contribution in [2.24, 2.45) is 5.10 Å². The summed E-state index contributed by atoms with van der Waals surface area (Å²) in [5.41, 5.74) is 2.72. The molecule has 3 N–H and O–H groups in total. The van der Waals surface area contributed by atoms with E-state index in [1.54, 1.807) is 23.6 Å². The first-order chi connectivity index (χ1) is 13.8. The molecule has 1 amide bonds. The standard InChI is InChI=1S/C19H16FN3O4S2/c1-12(15-11-13(20)8-9-17(15)24)21-22-19(25)14-5-2-3-6-16(14)23-29(26,27)18-7-4-10-28-18/h2-11,23-24H,1H3,(H,22,25)/b21-12+. The number of carbonyl (C=O) groups is 1. The van der Waals surface area contributed by atoms with E-state index < -0.39 is 21.7 Å². The van der Waals surface area contributed by atoms with Gasteiger partial charge < -0.3 is 5.11 Å². The maximum absolute atomic E-state index is 13.4. The summed E-state index contributed by atoms with van der Waals surface area (Å²) in [6.07, 6.45) is 0. The van der Waals surface area contributed by atoms with Crippen LogP contribution in [0.2, 0.25) is 0 Å². The van der Waals surface area contributed by atoms with Gasteiger partial charge in [-0.3, -0.25) is 9.52 Å². The molecule has 0 bridgehead atoms. The van der Waals surface area contributed by atoms with Crippen molar-refractivity contribution in [1.82, 2.24) is 5.43 Å². The maximum atomic E-state index is 13.4. The van der Waals surface area contributed by atoms with Gasteiger partial charge in [-0.25, -0.2) is 18.2 Å². The molecule has 0 spiro atoms. The zero-order valence-corrected chi connectivity index (χ0v) is 16.7. The van der Waals surface area contributed by atoms with E-state index in [-0.39, 0.29) is 32.5 Å². The van der Waals surface area contributed by atoms with Crippen LogP contribution in [0.15, 0.2) is 69.3 Å². The van der Waals surface area contributed by atoms with Crippen molar-refractivity contribution in [3.8, 4) is 5.75 Å². The quantitative estimate of drug-likeness (QED) is 0.408. The fourth-order valence-corrected chi connectivity index (χ4v) is 4.51. The number of rotatable bonds is 6. The Bertz CT molecular complexity index is 1180. The van der Waals surface area contributed by atoms with Crippen molar-refractivity contribution in [2.75, 3.05) is 4.72 Å². The summed E-state index contributed by atoms with van der Waals surface area (Å²) >= 11 is 1.05. The monoisotopic (exact) mass is 433 g/mol. The molecular weight excluding hydrogens is 417 g/mol. The van der Waals surface area contributed by atoms with E-state index in [4.69, 9.17) is 0 Å². The minimum Gasteiger partial charge on any atom is -0.507 e. The van der Waals surface area contributed by atoms with Gasteiger partial charge in [0, 0.05) is 5.56 Å². The third kappa shape index (κ3) is 4.79. The molecule has 2 aromatic carbocycles. The van der Waals surface area contributed by atoms with Crippen LogP contribution in [0.5, 0.6) is 5.75 Å². The van der Waals surface area contributed by atoms with Crippen LogP contribution in [0.1, 0.15) is 22.8 Å². The number of halogens is 1. The van der Waals surface area contributed by atoms with E-state index in [2.05, 4.69) is 15.2 Å². The van der Waals surface area contributed by atoms with Crippen LogP contribution >= 0.6 is 11.3 Å². The average molecular weight is 433 g/mol. The van der Waals surface area contributed by atoms with Gasteiger partial charge in [0.05, 0.1) is 17.0 Å².